The van der Waals surface area contributed by atoms with Crippen molar-refractivity contribution in [2.45, 2.75) is 0 Å². The molecule has 0 aliphatic rings. The van der Waals surface area contributed by atoms with Crippen LogP contribution in [0.15, 0.2) is 255 Å². The van der Waals surface area contributed by atoms with Crippen LogP contribution in [0.2, 0.25) is 0 Å². The summed E-state index contributed by atoms with van der Waals surface area (Å²) in [4.78, 5) is 2.40. The number of para-hydroxylation sites is 2. The minimum Gasteiger partial charge on any atom is -0.310 e. The summed E-state index contributed by atoms with van der Waals surface area (Å²) in [6.07, 6.45) is 0. The second kappa shape index (κ2) is 15.8. The van der Waals surface area contributed by atoms with Gasteiger partial charge in [-0.15, -0.1) is 0 Å². The predicted octanol–water partition coefficient (Wildman–Crippen LogP) is 17.2. The van der Waals surface area contributed by atoms with E-state index in [9.17, 15) is 0 Å². The highest BCUT2D eigenvalue weighted by Crippen LogP contribution is 2.45. The molecule has 11 aromatic carbocycles. The Hall–Kier alpha value is -8.46. The van der Waals surface area contributed by atoms with Gasteiger partial charge in [0.2, 0.25) is 0 Å². The molecule has 0 atom stereocenters. The first-order valence-electron chi connectivity index (χ1n) is 22.0. The molecule has 0 radical (unpaired) electrons. The smallest absolute Gasteiger partial charge is 0.0619 e. The van der Waals surface area contributed by atoms with Gasteiger partial charge in [0.1, 0.15) is 0 Å². The molecular weight excluding hydrogens is 773 g/mol. The van der Waals surface area contributed by atoms with Gasteiger partial charge < -0.3 is 9.47 Å². The van der Waals surface area contributed by atoms with E-state index in [1.54, 1.807) is 0 Å². The number of nitrogens with zero attached hydrogens (tertiary/aromatic N) is 2. The van der Waals surface area contributed by atoms with Crippen LogP contribution < -0.4 is 4.90 Å². The maximum absolute atomic E-state index is 2.50. The highest BCUT2D eigenvalue weighted by Gasteiger charge is 2.22. The van der Waals surface area contributed by atoms with Gasteiger partial charge in [0.05, 0.1) is 22.4 Å². The van der Waals surface area contributed by atoms with Crippen molar-refractivity contribution in [2.75, 3.05) is 4.90 Å². The van der Waals surface area contributed by atoms with Crippen LogP contribution in [0.1, 0.15) is 0 Å². The van der Waals surface area contributed by atoms with E-state index in [-0.39, 0.29) is 0 Å². The average Bonchev–Trinajstić information content (AvgIpc) is 3.72. The lowest BCUT2D eigenvalue weighted by Gasteiger charge is -2.28. The third kappa shape index (κ3) is 6.44. The molecule has 0 aliphatic carbocycles. The molecule has 64 heavy (non-hydrogen) atoms. The topological polar surface area (TPSA) is 8.17 Å². The second-order valence-corrected chi connectivity index (χ2v) is 16.5. The molecular formula is C62H42N2. The van der Waals surface area contributed by atoms with Gasteiger partial charge in [-0.25, -0.2) is 0 Å². The lowest BCUT2D eigenvalue weighted by Crippen LogP contribution is -2.11. The van der Waals surface area contributed by atoms with E-state index in [0.29, 0.717) is 0 Å². The molecule has 2 nitrogen and oxygen atoms in total. The quantitative estimate of drug-likeness (QED) is 0.148. The van der Waals surface area contributed by atoms with Crippen molar-refractivity contribution in [2.24, 2.45) is 0 Å². The van der Waals surface area contributed by atoms with Crippen LogP contribution in [-0.2, 0) is 0 Å². The second-order valence-electron chi connectivity index (χ2n) is 16.5. The molecule has 2 heteroatoms. The summed E-state index contributed by atoms with van der Waals surface area (Å²) in [5.74, 6) is 0. The Morgan fingerprint density at radius 1 is 0.297 bits per heavy atom. The third-order valence-electron chi connectivity index (χ3n) is 12.8. The molecule has 1 heterocycles. The van der Waals surface area contributed by atoms with Crippen molar-refractivity contribution in [3.63, 3.8) is 0 Å². The Balaban J connectivity index is 1.02. The van der Waals surface area contributed by atoms with Gasteiger partial charge in [-0.1, -0.05) is 206 Å². The van der Waals surface area contributed by atoms with Gasteiger partial charge in [0.15, 0.2) is 0 Å². The summed E-state index contributed by atoms with van der Waals surface area (Å²) < 4.78 is 2.50. The van der Waals surface area contributed by atoms with Crippen molar-refractivity contribution in [1.29, 1.82) is 0 Å². The van der Waals surface area contributed by atoms with Crippen LogP contribution in [0.3, 0.4) is 0 Å². The van der Waals surface area contributed by atoms with Crippen LogP contribution in [0.5, 0.6) is 0 Å². The van der Waals surface area contributed by atoms with Gasteiger partial charge >= 0.3 is 0 Å². The normalized spacial score (nSPS) is 11.4. The SMILES string of the molecule is c1ccc(-c2ccccc2N(c2ccc(-c3ccc4ccccc4c3)cc2)c2ccc(-c3cccc(-n4c5ccccc5c5ccc6ccccc6c54)c3-c3ccccc3)cc2)cc1. The first-order chi connectivity index (χ1) is 31.8. The number of aromatic nitrogens is 1. The first-order valence-corrected chi connectivity index (χ1v) is 22.0. The van der Waals surface area contributed by atoms with E-state index in [4.69, 9.17) is 0 Å². The molecule has 0 aliphatic heterocycles. The molecule has 12 rings (SSSR count). The summed E-state index contributed by atoms with van der Waals surface area (Å²) in [6.45, 7) is 0. The van der Waals surface area contributed by atoms with E-state index >= 15 is 0 Å². The summed E-state index contributed by atoms with van der Waals surface area (Å²) in [6, 6.07) is 92.7. The molecule has 0 spiro atoms. The van der Waals surface area contributed by atoms with Crippen LogP contribution in [0.25, 0.3) is 93.5 Å². The zero-order valence-corrected chi connectivity index (χ0v) is 35.1. The number of hydrogen-bond acceptors (Lipinski definition) is 1. The van der Waals surface area contributed by atoms with Crippen LogP contribution in [0.4, 0.5) is 17.1 Å². The summed E-state index contributed by atoms with van der Waals surface area (Å²) >= 11 is 0. The summed E-state index contributed by atoms with van der Waals surface area (Å²) in [7, 11) is 0. The van der Waals surface area contributed by atoms with Crippen molar-refractivity contribution < 1.29 is 0 Å². The van der Waals surface area contributed by atoms with Gasteiger partial charge in [-0.05, 0) is 98.1 Å². The molecule has 0 bridgehead atoms. The minimum absolute atomic E-state index is 1.08. The Morgan fingerprint density at radius 3 is 1.61 bits per heavy atom. The zero-order valence-electron chi connectivity index (χ0n) is 35.1. The molecule has 1 aromatic heterocycles. The molecule has 0 N–H and O–H groups in total. The highest BCUT2D eigenvalue weighted by atomic mass is 15.1. The van der Waals surface area contributed by atoms with Gasteiger partial charge in [-0.3, -0.25) is 0 Å². The third-order valence-corrected chi connectivity index (χ3v) is 12.8. The van der Waals surface area contributed by atoms with Gasteiger partial charge in [0.25, 0.3) is 0 Å². The molecule has 300 valence electrons. The monoisotopic (exact) mass is 814 g/mol. The van der Waals surface area contributed by atoms with Gasteiger partial charge in [-0.2, -0.15) is 0 Å². The van der Waals surface area contributed by atoms with Gasteiger partial charge in [0, 0.05) is 38.7 Å². The molecule has 0 saturated carbocycles. The number of benzene rings is 11. The fourth-order valence-electron chi connectivity index (χ4n) is 9.78. The van der Waals surface area contributed by atoms with Crippen molar-refractivity contribution in [1.82, 2.24) is 4.57 Å². The zero-order chi connectivity index (χ0) is 42.4. The average molecular weight is 815 g/mol. The molecule has 12 aromatic rings. The molecule has 0 saturated heterocycles. The largest absolute Gasteiger partial charge is 0.310 e. The minimum atomic E-state index is 1.08. The maximum Gasteiger partial charge on any atom is 0.0619 e. The molecule has 0 amide bonds. The summed E-state index contributed by atoms with van der Waals surface area (Å²) in [5, 5.41) is 7.47. The van der Waals surface area contributed by atoms with Crippen LogP contribution in [0, 0.1) is 0 Å². The maximum atomic E-state index is 2.50. The van der Waals surface area contributed by atoms with E-state index in [1.807, 2.05) is 0 Å². The number of hydrogen-bond donors (Lipinski definition) is 0. The van der Waals surface area contributed by atoms with Crippen molar-refractivity contribution >= 4 is 60.4 Å². The Kier molecular flexibility index (Phi) is 9.20. The van der Waals surface area contributed by atoms with E-state index < -0.39 is 0 Å². The van der Waals surface area contributed by atoms with E-state index in [0.717, 1.165) is 28.3 Å². The predicted molar refractivity (Wildman–Crippen MR) is 272 cm³/mol. The first kappa shape index (κ1) is 37.3. The van der Waals surface area contributed by atoms with Crippen LogP contribution >= 0.6 is 0 Å². The standard InChI is InChI=1S/C62H42N2/c1-3-17-45(18-4-1)53-23-11-13-27-58(53)63(51-37-32-44(33-38-51)50-31-30-43-16-7-8-22-49(43)42-50)52-39-34-47(35-40-52)54-26-15-29-60(61(54)48-20-5-2-6-21-48)64-59-28-14-12-25-56(59)57-41-36-46-19-9-10-24-55(46)62(57)64/h1-42H. The Morgan fingerprint density at radius 2 is 0.844 bits per heavy atom. The molecule has 0 unspecified atom stereocenters. The fourth-order valence-corrected chi connectivity index (χ4v) is 9.78. The fraction of sp³-hybridized carbons (Fsp3) is 0. The lowest BCUT2D eigenvalue weighted by atomic mass is 9.92. The van der Waals surface area contributed by atoms with E-state index in [2.05, 4.69) is 264 Å². The number of rotatable bonds is 8. The lowest BCUT2D eigenvalue weighted by molar-refractivity contribution is 1.19. The van der Waals surface area contributed by atoms with Crippen LogP contribution in [-0.4, -0.2) is 4.57 Å². The number of fused-ring (bicyclic) bond motifs is 6. The van der Waals surface area contributed by atoms with Crippen molar-refractivity contribution in [3.8, 4) is 50.2 Å². The Labute approximate surface area is 373 Å². The molecule has 0 fully saturated rings. The van der Waals surface area contributed by atoms with E-state index in [1.165, 1.54) is 82.3 Å². The Bertz CT molecular complexity index is 3640. The summed E-state index contributed by atoms with van der Waals surface area (Å²) in [5.41, 5.74) is 16.3. The van der Waals surface area contributed by atoms with Crippen molar-refractivity contribution in [3.05, 3.63) is 255 Å². The number of anilines is 3. The highest BCUT2D eigenvalue weighted by molar-refractivity contribution is 6.19.